The first kappa shape index (κ1) is 61.8. The van der Waals surface area contributed by atoms with Crippen molar-refractivity contribution in [3.63, 3.8) is 0 Å². The number of ketones is 2. The van der Waals surface area contributed by atoms with Crippen molar-refractivity contribution in [2.75, 3.05) is 26.8 Å². The number of nitrogens with one attached hydrogen (secondary N) is 2. The van der Waals surface area contributed by atoms with E-state index in [0.717, 1.165) is 77.0 Å². The van der Waals surface area contributed by atoms with Crippen molar-refractivity contribution in [2.24, 2.45) is 11.1 Å². The van der Waals surface area contributed by atoms with E-state index in [1.165, 1.54) is 75.1 Å². The van der Waals surface area contributed by atoms with Crippen LogP contribution in [0.15, 0.2) is 47.6 Å². The van der Waals surface area contributed by atoms with Crippen LogP contribution < -0.4 is 16.4 Å². The van der Waals surface area contributed by atoms with Gasteiger partial charge in [-0.25, -0.2) is 14.4 Å². The van der Waals surface area contributed by atoms with Gasteiger partial charge >= 0.3 is 24.1 Å². The molecule has 5 saturated carbocycles. The zero-order valence-corrected chi connectivity index (χ0v) is 40.0. The number of esters is 1. The number of ether oxygens (including phenoxy) is 3. The second-order valence-electron chi connectivity index (χ2n) is 18.3. The van der Waals surface area contributed by atoms with Crippen LogP contribution in [0.2, 0.25) is 0 Å². The lowest BCUT2D eigenvalue weighted by atomic mass is 9.78. The number of alkyl carbamates (subject to hydrolysis) is 2. The van der Waals surface area contributed by atoms with E-state index >= 15 is 0 Å². The zero-order valence-electron chi connectivity index (χ0n) is 40.0. The average Bonchev–Trinajstić information content (AvgIpc) is 4.06. The molecule has 1 unspecified atom stereocenters. The molecule has 0 aromatic rings. The Labute approximate surface area is 385 Å². The number of aliphatic carboxylic acids is 1. The van der Waals surface area contributed by atoms with E-state index in [1.54, 1.807) is 60.6 Å². The average molecular weight is 906 g/mol. The SMILES string of the molecule is C.C=CC1(C(NC(=O)OC(C)(C)C)C(=O)O)CCCC1.CC(=O)C=C1CCCC1.CC(C)(C)OC(=O)NCC(=O)OCC=C1CCCC1.CN.O=C1CCCC1.OCC=C1CCCC1. The molecule has 5 aliphatic carbocycles. The van der Waals surface area contributed by atoms with Gasteiger partial charge in [-0.3, -0.25) is 14.4 Å². The van der Waals surface area contributed by atoms with E-state index in [1.807, 2.05) is 12.2 Å². The van der Waals surface area contributed by atoms with Gasteiger partial charge in [0.25, 0.3) is 0 Å². The molecule has 14 nitrogen and oxygen atoms in total. The highest BCUT2D eigenvalue weighted by Crippen LogP contribution is 2.42. The Kier molecular flexibility index (Phi) is 32.9. The molecule has 5 aliphatic rings. The van der Waals surface area contributed by atoms with Crippen molar-refractivity contribution < 1.29 is 53.2 Å². The van der Waals surface area contributed by atoms with E-state index < -0.39 is 46.8 Å². The van der Waals surface area contributed by atoms with Crippen molar-refractivity contribution in [1.29, 1.82) is 0 Å². The van der Waals surface area contributed by atoms with Crippen molar-refractivity contribution in [3.05, 3.63) is 47.6 Å². The van der Waals surface area contributed by atoms with Gasteiger partial charge in [-0.15, -0.1) is 6.58 Å². The second-order valence-corrected chi connectivity index (χ2v) is 18.3. The monoisotopic (exact) mass is 906 g/mol. The Morgan fingerprint density at radius 2 is 1.14 bits per heavy atom. The smallest absolute Gasteiger partial charge is 0.408 e. The Balaban J connectivity index is 0. The molecule has 0 aliphatic heterocycles. The van der Waals surface area contributed by atoms with Crippen LogP contribution in [0.4, 0.5) is 9.59 Å². The lowest BCUT2D eigenvalue weighted by Gasteiger charge is -2.33. The molecule has 64 heavy (non-hydrogen) atoms. The van der Waals surface area contributed by atoms with Crippen LogP contribution in [0, 0.1) is 5.41 Å². The summed E-state index contributed by atoms with van der Waals surface area (Å²) in [5.74, 6) is -0.852. The molecule has 5 fully saturated rings. The third kappa shape index (κ3) is 30.7. The molecule has 0 radical (unpaired) electrons. The number of amides is 2. The van der Waals surface area contributed by atoms with Gasteiger partial charge < -0.3 is 40.8 Å². The van der Waals surface area contributed by atoms with Gasteiger partial charge in [0, 0.05) is 18.3 Å². The number of hydrogen-bond acceptors (Lipinski definition) is 11. The lowest BCUT2D eigenvalue weighted by molar-refractivity contribution is -0.142. The molecular weight excluding hydrogens is 819 g/mol. The fourth-order valence-corrected chi connectivity index (χ4v) is 7.51. The van der Waals surface area contributed by atoms with Gasteiger partial charge in [-0.05, 0) is 170 Å². The zero-order chi connectivity index (χ0) is 47.9. The molecule has 0 spiro atoms. The molecule has 2 amide bonds. The summed E-state index contributed by atoms with van der Waals surface area (Å²) in [5.41, 5.74) is 6.87. The molecule has 0 aromatic carbocycles. The number of aliphatic hydroxyl groups is 1. The number of carbonyl (C=O) groups excluding carboxylic acids is 5. The maximum atomic E-state index is 11.8. The standard InChI is InChI=1S/2C14H23NO4.C8H12O.C7H12O.C5H8O.CH5N.CH4/c1-14(2,3)19-13(17)15-10-12(16)18-9-8-11-6-4-5-7-11;1-5-14(8-6-7-9-14)10(11(16)17)15-12(18)19-13(2,3)4;1-7(9)6-8-4-2-3-5-8;8-6-5-7-3-1-2-4-7;6-5-3-1-2-4-5;1-2;/h8H,4-7,9-10H2,1-3H3,(H,15,17);5,10H,1,6-9H2,2-4H3,(H,15,18)(H,16,17);6H,2-5H2,1H3;5,8H,1-4,6H2;1-4H2;2H2,1H3;1H4. The van der Waals surface area contributed by atoms with Crippen molar-refractivity contribution in [1.82, 2.24) is 10.6 Å². The van der Waals surface area contributed by atoms with Gasteiger partial charge in [0.05, 0.1) is 6.61 Å². The highest BCUT2D eigenvalue weighted by atomic mass is 16.6. The number of aliphatic hydroxyl groups excluding tert-OH is 1. The molecule has 6 N–H and O–H groups in total. The molecule has 0 bridgehead atoms. The molecule has 0 heterocycles. The molecule has 1 atom stereocenters. The van der Waals surface area contributed by atoms with Crippen molar-refractivity contribution in [3.8, 4) is 0 Å². The fraction of sp³-hybridized carbons (Fsp3) is 0.720. The number of rotatable bonds is 10. The quantitative estimate of drug-likeness (QED) is 0.0598. The first-order chi connectivity index (χ1) is 29.7. The van der Waals surface area contributed by atoms with Gasteiger partial charge in [0.15, 0.2) is 5.78 Å². The van der Waals surface area contributed by atoms with Crippen molar-refractivity contribution >= 4 is 35.7 Å². The van der Waals surface area contributed by atoms with Crippen LogP contribution in [-0.4, -0.2) is 90.0 Å². The van der Waals surface area contributed by atoms with Gasteiger partial charge in [-0.1, -0.05) is 49.1 Å². The third-order valence-corrected chi connectivity index (χ3v) is 10.5. The number of allylic oxidation sites excluding steroid dienone is 4. The summed E-state index contributed by atoms with van der Waals surface area (Å²) in [5, 5.41) is 22.6. The largest absolute Gasteiger partial charge is 0.480 e. The Bertz CT molecular complexity index is 1480. The molecule has 5 rings (SSSR count). The molecular formula is C50H87N3O11. The molecule has 0 saturated heterocycles. The maximum Gasteiger partial charge on any atom is 0.408 e. The first-order valence-electron chi connectivity index (χ1n) is 22.9. The minimum atomic E-state index is -1.05. The normalized spacial score (nSPS) is 17.4. The topological polar surface area (TPSA) is 221 Å². The number of carboxylic acids is 1. The highest BCUT2D eigenvalue weighted by molar-refractivity contribution is 5.88. The molecule has 368 valence electrons. The van der Waals surface area contributed by atoms with Gasteiger partial charge in [0.2, 0.25) is 0 Å². The molecule has 0 aromatic heterocycles. The summed E-state index contributed by atoms with van der Waals surface area (Å²) in [6.07, 6.45) is 28.0. The number of nitrogens with two attached hydrogens (primary N) is 1. The Hall–Kier alpha value is -4.30. The highest BCUT2D eigenvalue weighted by Gasteiger charge is 2.44. The van der Waals surface area contributed by atoms with Crippen LogP contribution in [-0.2, 0) is 33.4 Å². The second kappa shape index (κ2) is 34.1. The summed E-state index contributed by atoms with van der Waals surface area (Å²) < 4.78 is 15.1. The van der Waals surface area contributed by atoms with Gasteiger partial charge in [-0.2, -0.15) is 0 Å². The number of carboxylic acid groups (broad SMARTS) is 1. The van der Waals surface area contributed by atoms with E-state index in [4.69, 9.17) is 19.3 Å². The third-order valence-electron chi connectivity index (χ3n) is 10.5. The van der Waals surface area contributed by atoms with Crippen LogP contribution in [0.1, 0.15) is 184 Å². The van der Waals surface area contributed by atoms with Crippen LogP contribution in [0.3, 0.4) is 0 Å². The van der Waals surface area contributed by atoms with Crippen LogP contribution in [0.25, 0.3) is 0 Å². The number of hydrogen-bond donors (Lipinski definition) is 5. The Morgan fingerprint density at radius 3 is 1.52 bits per heavy atom. The maximum absolute atomic E-state index is 11.8. The van der Waals surface area contributed by atoms with E-state index in [-0.39, 0.29) is 33.0 Å². The predicted octanol–water partition coefficient (Wildman–Crippen LogP) is 10.2. The number of carbonyl (C=O) groups is 6. The summed E-state index contributed by atoms with van der Waals surface area (Å²) in [6.45, 7) is 16.2. The first-order valence-corrected chi connectivity index (χ1v) is 22.9. The van der Waals surface area contributed by atoms with Crippen LogP contribution >= 0.6 is 0 Å². The minimum absolute atomic E-state index is 0. The van der Waals surface area contributed by atoms with E-state index in [2.05, 4.69) is 22.9 Å². The summed E-state index contributed by atoms with van der Waals surface area (Å²) >= 11 is 0. The fourth-order valence-electron chi connectivity index (χ4n) is 7.51. The summed E-state index contributed by atoms with van der Waals surface area (Å²) in [4.78, 5) is 66.6. The van der Waals surface area contributed by atoms with E-state index in [0.29, 0.717) is 5.78 Å². The van der Waals surface area contributed by atoms with Crippen LogP contribution in [0.5, 0.6) is 0 Å². The lowest BCUT2D eigenvalue weighted by Crippen LogP contribution is -2.52. The predicted molar refractivity (Wildman–Crippen MR) is 255 cm³/mol. The Morgan fingerprint density at radius 1 is 0.719 bits per heavy atom. The molecule has 14 heteroatoms. The summed E-state index contributed by atoms with van der Waals surface area (Å²) in [7, 11) is 1.50. The van der Waals surface area contributed by atoms with Gasteiger partial charge in [0.1, 0.15) is 36.2 Å². The van der Waals surface area contributed by atoms with Crippen molar-refractivity contribution in [2.45, 2.75) is 202 Å². The summed E-state index contributed by atoms with van der Waals surface area (Å²) in [6, 6.07) is -0.984. The number of Topliss-reactive ketones (excluding diaryl/α,β-unsaturated/α-hetero) is 1. The van der Waals surface area contributed by atoms with E-state index in [9.17, 15) is 33.9 Å². The minimum Gasteiger partial charge on any atom is -0.480 e.